The molecule has 1 aliphatic rings. The molecule has 2 rings (SSSR count). The fourth-order valence-electron chi connectivity index (χ4n) is 1.84. The van der Waals surface area contributed by atoms with Crippen LogP contribution in [0.25, 0.3) is 0 Å². The summed E-state index contributed by atoms with van der Waals surface area (Å²) >= 11 is 1.27. The van der Waals surface area contributed by atoms with Gasteiger partial charge in [-0.25, -0.2) is 0 Å². The standard InChI is InChI=1S/C10H14N4OS/c1-14(6-7-3-2-4-15-7)10-8(5-11)9(12)13-16-10/h7H,2-4,6H2,1H3,(H2,12,13). The van der Waals surface area contributed by atoms with Crippen LogP contribution in [0.2, 0.25) is 0 Å². The van der Waals surface area contributed by atoms with Crippen molar-refractivity contribution >= 4 is 22.4 Å². The Hall–Kier alpha value is -1.32. The average molecular weight is 238 g/mol. The predicted octanol–water partition coefficient (Wildman–Crippen LogP) is 1.21. The van der Waals surface area contributed by atoms with Gasteiger partial charge in [-0.15, -0.1) is 0 Å². The van der Waals surface area contributed by atoms with E-state index in [1.807, 2.05) is 11.9 Å². The number of nitrogen functional groups attached to an aromatic ring is 1. The van der Waals surface area contributed by atoms with Gasteiger partial charge < -0.3 is 15.4 Å². The summed E-state index contributed by atoms with van der Waals surface area (Å²) in [5, 5.41) is 9.81. The molecule has 0 amide bonds. The topological polar surface area (TPSA) is 75.2 Å². The van der Waals surface area contributed by atoms with Crippen LogP contribution in [0.15, 0.2) is 0 Å². The van der Waals surface area contributed by atoms with Crippen LogP contribution >= 0.6 is 11.5 Å². The molecule has 0 radical (unpaired) electrons. The van der Waals surface area contributed by atoms with Crippen molar-refractivity contribution in [2.75, 3.05) is 30.8 Å². The first-order valence-electron chi connectivity index (χ1n) is 5.20. The number of nitrogens with zero attached hydrogens (tertiary/aromatic N) is 3. The van der Waals surface area contributed by atoms with Crippen LogP contribution in [0.1, 0.15) is 18.4 Å². The molecule has 1 fully saturated rings. The Morgan fingerprint density at radius 3 is 3.19 bits per heavy atom. The Kier molecular flexibility index (Phi) is 3.27. The Labute approximate surface area is 98.6 Å². The molecule has 86 valence electrons. The van der Waals surface area contributed by atoms with E-state index in [0.717, 1.165) is 31.0 Å². The minimum absolute atomic E-state index is 0.264. The van der Waals surface area contributed by atoms with E-state index in [1.54, 1.807) is 0 Å². The number of hydrogen-bond donors (Lipinski definition) is 1. The fraction of sp³-hybridized carbons (Fsp3) is 0.600. The molecule has 0 aromatic carbocycles. The van der Waals surface area contributed by atoms with Gasteiger partial charge in [-0.05, 0) is 24.4 Å². The molecule has 0 saturated carbocycles. The molecule has 0 spiro atoms. The quantitative estimate of drug-likeness (QED) is 0.856. The minimum Gasteiger partial charge on any atom is -0.382 e. The lowest BCUT2D eigenvalue weighted by atomic mass is 10.2. The lowest BCUT2D eigenvalue weighted by Gasteiger charge is -2.20. The van der Waals surface area contributed by atoms with Crippen molar-refractivity contribution in [2.45, 2.75) is 18.9 Å². The van der Waals surface area contributed by atoms with Crippen molar-refractivity contribution in [1.29, 1.82) is 5.26 Å². The maximum Gasteiger partial charge on any atom is 0.157 e. The number of anilines is 2. The van der Waals surface area contributed by atoms with Crippen LogP contribution < -0.4 is 10.6 Å². The first-order chi connectivity index (χ1) is 7.72. The van der Waals surface area contributed by atoms with E-state index in [2.05, 4.69) is 10.4 Å². The Bertz CT molecular complexity index is 405. The zero-order valence-corrected chi connectivity index (χ0v) is 9.96. The van der Waals surface area contributed by atoms with Gasteiger partial charge in [-0.1, -0.05) is 0 Å². The van der Waals surface area contributed by atoms with Crippen molar-refractivity contribution in [3.8, 4) is 6.07 Å². The largest absolute Gasteiger partial charge is 0.382 e. The van der Waals surface area contributed by atoms with E-state index >= 15 is 0 Å². The summed E-state index contributed by atoms with van der Waals surface area (Å²) < 4.78 is 9.55. The highest BCUT2D eigenvalue weighted by molar-refractivity contribution is 7.10. The van der Waals surface area contributed by atoms with E-state index in [-0.39, 0.29) is 6.10 Å². The fourth-order valence-corrected chi connectivity index (χ4v) is 2.57. The third-order valence-electron chi connectivity index (χ3n) is 2.66. The third-order valence-corrected chi connectivity index (χ3v) is 3.64. The average Bonchev–Trinajstić information content (AvgIpc) is 2.87. The molecule has 2 N–H and O–H groups in total. The molecule has 1 unspecified atom stereocenters. The van der Waals surface area contributed by atoms with Crippen molar-refractivity contribution in [1.82, 2.24) is 4.37 Å². The lowest BCUT2D eigenvalue weighted by Crippen LogP contribution is -2.28. The molecule has 6 heteroatoms. The lowest BCUT2D eigenvalue weighted by molar-refractivity contribution is 0.116. The molecule has 1 aliphatic heterocycles. The first-order valence-corrected chi connectivity index (χ1v) is 5.97. The van der Waals surface area contributed by atoms with Gasteiger partial charge in [0.2, 0.25) is 0 Å². The molecule has 1 aromatic rings. The summed E-state index contributed by atoms with van der Waals surface area (Å²) in [4.78, 5) is 2.00. The van der Waals surface area contributed by atoms with Crippen LogP contribution in [0.4, 0.5) is 10.8 Å². The molecular weight excluding hydrogens is 224 g/mol. The number of likely N-dealkylation sites (N-methyl/N-ethyl adjacent to an activating group) is 1. The van der Waals surface area contributed by atoms with Gasteiger partial charge in [0.05, 0.1) is 6.10 Å². The van der Waals surface area contributed by atoms with E-state index in [0.29, 0.717) is 11.4 Å². The summed E-state index contributed by atoms with van der Waals surface area (Å²) in [7, 11) is 1.94. The number of ether oxygens (including phenoxy) is 1. The Morgan fingerprint density at radius 1 is 1.75 bits per heavy atom. The van der Waals surface area contributed by atoms with E-state index in [9.17, 15) is 0 Å². The summed E-state index contributed by atoms with van der Waals surface area (Å²) in [5.41, 5.74) is 6.09. The summed E-state index contributed by atoms with van der Waals surface area (Å²) in [6.45, 7) is 1.63. The minimum atomic E-state index is 0.264. The Morgan fingerprint density at radius 2 is 2.56 bits per heavy atom. The molecule has 1 atom stereocenters. The van der Waals surface area contributed by atoms with Gasteiger partial charge >= 0.3 is 0 Å². The second-order valence-electron chi connectivity index (χ2n) is 3.88. The van der Waals surface area contributed by atoms with E-state index in [4.69, 9.17) is 15.7 Å². The van der Waals surface area contributed by atoms with Crippen LogP contribution in [-0.2, 0) is 4.74 Å². The molecule has 1 aromatic heterocycles. The predicted molar refractivity (Wildman–Crippen MR) is 63.5 cm³/mol. The second-order valence-corrected chi connectivity index (χ2v) is 4.63. The normalized spacial score (nSPS) is 19.6. The maximum atomic E-state index is 8.98. The van der Waals surface area contributed by atoms with Crippen molar-refractivity contribution < 1.29 is 4.74 Å². The van der Waals surface area contributed by atoms with Gasteiger partial charge in [-0.3, -0.25) is 0 Å². The summed E-state index contributed by atoms with van der Waals surface area (Å²) in [5.74, 6) is 0.321. The number of hydrogen-bond acceptors (Lipinski definition) is 6. The molecule has 1 saturated heterocycles. The highest BCUT2D eigenvalue weighted by Crippen LogP contribution is 2.29. The van der Waals surface area contributed by atoms with Gasteiger partial charge in [0.15, 0.2) is 5.82 Å². The van der Waals surface area contributed by atoms with Gasteiger partial charge in [-0.2, -0.15) is 9.64 Å². The molecule has 5 nitrogen and oxygen atoms in total. The van der Waals surface area contributed by atoms with Crippen molar-refractivity contribution in [3.05, 3.63) is 5.56 Å². The highest BCUT2D eigenvalue weighted by Gasteiger charge is 2.21. The highest BCUT2D eigenvalue weighted by atomic mass is 32.1. The van der Waals surface area contributed by atoms with Crippen LogP contribution in [0.5, 0.6) is 0 Å². The van der Waals surface area contributed by atoms with Gasteiger partial charge in [0, 0.05) is 20.2 Å². The second kappa shape index (κ2) is 4.68. The zero-order chi connectivity index (χ0) is 11.5. The Balaban J connectivity index is 2.08. The van der Waals surface area contributed by atoms with Gasteiger partial charge in [0.1, 0.15) is 16.6 Å². The molecule has 16 heavy (non-hydrogen) atoms. The van der Waals surface area contributed by atoms with Crippen LogP contribution in [0.3, 0.4) is 0 Å². The molecular formula is C10H14N4OS. The van der Waals surface area contributed by atoms with Crippen LogP contribution in [-0.4, -0.2) is 30.7 Å². The monoisotopic (exact) mass is 238 g/mol. The van der Waals surface area contributed by atoms with Crippen LogP contribution in [0, 0.1) is 11.3 Å². The van der Waals surface area contributed by atoms with Crippen molar-refractivity contribution in [3.63, 3.8) is 0 Å². The number of rotatable bonds is 3. The third kappa shape index (κ3) is 2.10. The summed E-state index contributed by atoms with van der Waals surface area (Å²) in [6, 6.07) is 2.09. The molecule has 0 aliphatic carbocycles. The number of nitrogens with two attached hydrogens (primary N) is 1. The zero-order valence-electron chi connectivity index (χ0n) is 9.14. The maximum absolute atomic E-state index is 8.98. The van der Waals surface area contributed by atoms with E-state index in [1.165, 1.54) is 11.5 Å². The van der Waals surface area contributed by atoms with E-state index < -0.39 is 0 Å². The number of aromatic nitrogens is 1. The van der Waals surface area contributed by atoms with Crippen molar-refractivity contribution in [2.24, 2.45) is 0 Å². The first kappa shape index (κ1) is 11.2. The molecule has 2 heterocycles. The van der Waals surface area contributed by atoms with Gasteiger partial charge in [0.25, 0.3) is 0 Å². The summed E-state index contributed by atoms with van der Waals surface area (Å²) in [6.07, 6.45) is 2.47. The smallest absolute Gasteiger partial charge is 0.157 e. The molecule has 0 bridgehead atoms. The SMILES string of the molecule is CN(CC1CCCO1)c1snc(N)c1C#N. The number of nitriles is 1.